The van der Waals surface area contributed by atoms with Crippen LogP contribution in [0.5, 0.6) is 0 Å². The van der Waals surface area contributed by atoms with Gasteiger partial charge in [0.05, 0.1) is 6.61 Å². The largest absolute Gasteiger partial charge is 0.453 e. The molecule has 1 saturated carbocycles. The van der Waals surface area contributed by atoms with Crippen molar-refractivity contribution in [1.82, 2.24) is 0 Å². The fourth-order valence-corrected chi connectivity index (χ4v) is 4.18. The van der Waals surface area contributed by atoms with Crippen molar-refractivity contribution in [3.8, 4) is 0 Å². The van der Waals surface area contributed by atoms with Gasteiger partial charge in [-0.15, -0.1) is 0 Å². The molecular weight excluding hydrogens is 328 g/mol. The Bertz CT molecular complexity index is 540. The lowest BCUT2D eigenvalue weighted by atomic mass is 9.94. The molecule has 0 amide bonds. The minimum absolute atomic E-state index is 0.349. The number of hydrogen-bond donors (Lipinski definition) is 0. The Morgan fingerprint density at radius 1 is 1.12 bits per heavy atom. The molecule has 3 aliphatic heterocycles. The van der Waals surface area contributed by atoms with Gasteiger partial charge in [0.15, 0.2) is 30.1 Å². The summed E-state index contributed by atoms with van der Waals surface area (Å²) in [6, 6.07) is 0. The van der Waals surface area contributed by atoms with Crippen LogP contribution in [0.2, 0.25) is 0 Å². The lowest BCUT2D eigenvalue weighted by molar-refractivity contribution is -0.258. The fraction of sp³-hybridized carbons (Fsp3) is 0.833. The van der Waals surface area contributed by atoms with E-state index in [4.69, 9.17) is 28.4 Å². The average molecular weight is 354 g/mol. The van der Waals surface area contributed by atoms with Gasteiger partial charge < -0.3 is 28.4 Å². The number of carbonyl (C=O) groups excluding carboxylic acids is 1. The predicted octanol–water partition coefficient (Wildman–Crippen LogP) is 2.04. The molecule has 0 N–H and O–H groups in total. The standard InChI is InChI=1S/C18H26O7/c1-4-12(19)21-14-13(11-10-20-17(2,3)23-11)22-16-15(14)24-18(25-16)8-6-5-7-9-18/h4,11,13-16H,1,5-10H2,2-3H3/t11-,13-,14+,15-,16-/m1/s1. The Morgan fingerprint density at radius 3 is 2.52 bits per heavy atom. The third kappa shape index (κ3) is 3.24. The summed E-state index contributed by atoms with van der Waals surface area (Å²) >= 11 is 0. The van der Waals surface area contributed by atoms with Gasteiger partial charge in [-0.3, -0.25) is 0 Å². The van der Waals surface area contributed by atoms with Gasteiger partial charge in [-0.25, -0.2) is 4.79 Å². The van der Waals surface area contributed by atoms with Crippen LogP contribution in [0.15, 0.2) is 12.7 Å². The Labute approximate surface area is 147 Å². The van der Waals surface area contributed by atoms with Gasteiger partial charge in [0, 0.05) is 18.9 Å². The van der Waals surface area contributed by atoms with Crippen molar-refractivity contribution in [3.63, 3.8) is 0 Å². The molecule has 0 bridgehead atoms. The minimum atomic E-state index is -0.689. The van der Waals surface area contributed by atoms with Gasteiger partial charge in [-0.05, 0) is 26.7 Å². The Balaban J connectivity index is 1.52. The zero-order valence-corrected chi connectivity index (χ0v) is 14.8. The van der Waals surface area contributed by atoms with Crippen molar-refractivity contribution in [2.24, 2.45) is 0 Å². The van der Waals surface area contributed by atoms with Crippen molar-refractivity contribution in [2.45, 2.75) is 88.2 Å². The molecular formula is C18H26O7. The first-order valence-electron chi connectivity index (χ1n) is 9.07. The van der Waals surface area contributed by atoms with Crippen LogP contribution in [0.3, 0.4) is 0 Å². The molecule has 0 aromatic rings. The number of hydrogen-bond acceptors (Lipinski definition) is 7. The molecule has 140 valence electrons. The number of ether oxygens (including phenoxy) is 6. The second kappa shape index (κ2) is 6.32. The Kier molecular flexibility index (Phi) is 4.40. The first kappa shape index (κ1) is 17.4. The van der Waals surface area contributed by atoms with Crippen LogP contribution in [-0.4, -0.2) is 54.9 Å². The van der Waals surface area contributed by atoms with Crippen LogP contribution in [0.1, 0.15) is 46.0 Å². The van der Waals surface area contributed by atoms with E-state index in [-0.39, 0.29) is 6.10 Å². The summed E-state index contributed by atoms with van der Waals surface area (Å²) in [7, 11) is 0. The highest BCUT2D eigenvalue weighted by atomic mass is 16.9. The average Bonchev–Trinajstić information content (AvgIpc) is 3.20. The maximum absolute atomic E-state index is 11.8. The van der Waals surface area contributed by atoms with Crippen molar-refractivity contribution in [1.29, 1.82) is 0 Å². The molecule has 0 aromatic heterocycles. The summed E-state index contributed by atoms with van der Waals surface area (Å²) in [5.41, 5.74) is 0. The zero-order valence-electron chi connectivity index (χ0n) is 14.8. The van der Waals surface area contributed by atoms with E-state index in [2.05, 4.69) is 6.58 Å². The van der Waals surface area contributed by atoms with E-state index >= 15 is 0 Å². The van der Waals surface area contributed by atoms with Crippen LogP contribution >= 0.6 is 0 Å². The maximum Gasteiger partial charge on any atom is 0.330 e. The molecule has 4 rings (SSSR count). The molecule has 3 saturated heterocycles. The number of fused-ring (bicyclic) bond motifs is 1. The van der Waals surface area contributed by atoms with E-state index in [0.717, 1.165) is 31.8 Å². The van der Waals surface area contributed by atoms with Crippen molar-refractivity contribution in [2.75, 3.05) is 6.61 Å². The summed E-state index contributed by atoms with van der Waals surface area (Å²) in [6.07, 6.45) is 3.66. The molecule has 7 nitrogen and oxygen atoms in total. The van der Waals surface area contributed by atoms with Crippen LogP contribution in [0, 0.1) is 0 Å². The minimum Gasteiger partial charge on any atom is -0.453 e. The third-order valence-corrected chi connectivity index (χ3v) is 5.32. The van der Waals surface area contributed by atoms with Gasteiger partial charge in [0.25, 0.3) is 0 Å². The van der Waals surface area contributed by atoms with E-state index in [1.54, 1.807) is 0 Å². The Hall–Kier alpha value is -0.990. The van der Waals surface area contributed by atoms with Gasteiger partial charge in [0.1, 0.15) is 12.2 Å². The first-order valence-corrected chi connectivity index (χ1v) is 9.07. The maximum atomic E-state index is 11.8. The van der Waals surface area contributed by atoms with E-state index in [9.17, 15) is 4.79 Å². The molecule has 5 atom stereocenters. The molecule has 1 aliphatic carbocycles. The van der Waals surface area contributed by atoms with Gasteiger partial charge in [-0.2, -0.15) is 0 Å². The summed E-state index contributed by atoms with van der Waals surface area (Å²) in [6.45, 7) is 7.53. The summed E-state index contributed by atoms with van der Waals surface area (Å²) < 4.78 is 35.6. The van der Waals surface area contributed by atoms with E-state index < -0.39 is 42.1 Å². The van der Waals surface area contributed by atoms with Gasteiger partial charge >= 0.3 is 5.97 Å². The lowest BCUT2D eigenvalue weighted by Gasteiger charge is -2.34. The quantitative estimate of drug-likeness (QED) is 0.567. The predicted molar refractivity (Wildman–Crippen MR) is 85.4 cm³/mol. The van der Waals surface area contributed by atoms with E-state index in [0.29, 0.717) is 6.61 Å². The van der Waals surface area contributed by atoms with Gasteiger partial charge in [0.2, 0.25) is 0 Å². The number of rotatable bonds is 3. The highest BCUT2D eigenvalue weighted by molar-refractivity contribution is 5.81. The third-order valence-electron chi connectivity index (χ3n) is 5.32. The molecule has 4 fully saturated rings. The Morgan fingerprint density at radius 2 is 1.88 bits per heavy atom. The van der Waals surface area contributed by atoms with Crippen LogP contribution in [0.25, 0.3) is 0 Å². The summed E-state index contributed by atoms with van der Waals surface area (Å²) in [4.78, 5) is 11.8. The van der Waals surface area contributed by atoms with Gasteiger partial charge in [-0.1, -0.05) is 13.0 Å². The molecule has 3 heterocycles. The molecule has 25 heavy (non-hydrogen) atoms. The molecule has 4 aliphatic rings. The highest BCUT2D eigenvalue weighted by Gasteiger charge is 2.61. The monoisotopic (exact) mass is 354 g/mol. The highest BCUT2D eigenvalue weighted by Crippen LogP contribution is 2.47. The summed E-state index contributed by atoms with van der Waals surface area (Å²) in [5.74, 6) is -1.81. The lowest BCUT2D eigenvalue weighted by Crippen LogP contribution is -2.46. The first-order chi connectivity index (χ1) is 11.9. The smallest absolute Gasteiger partial charge is 0.330 e. The second-order valence-corrected chi connectivity index (χ2v) is 7.61. The van der Waals surface area contributed by atoms with Crippen molar-refractivity contribution < 1.29 is 33.2 Å². The molecule has 0 radical (unpaired) electrons. The zero-order chi connectivity index (χ0) is 17.7. The SMILES string of the molecule is C=CC(=O)O[C@@H]1[C@H]2OC3(CCCCC3)O[C@H]2O[C@@H]1[C@H]1COC(C)(C)O1. The van der Waals surface area contributed by atoms with Crippen molar-refractivity contribution in [3.05, 3.63) is 12.7 Å². The topological polar surface area (TPSA) is 72.5 Å². The van der Waals surface area contributed by atoms with Crippen LogP contribution in [-0.2, 0) is 33.2 Å². The molecule has 0 unspecified atom stereocenters. The summed E-state index contributed by atoms with van der Waals surface area (Å²) in [5, 5.41) is 0. The second-order valence-electron chi connectivity index (χ2n) is 7.61. The van der Waals surface area contributed by atoms with E-state index in [1.807, 2.05) is 13.8 Å². The normalized spacial score (nSPS) is 41.6. The molecule has 1 spiro atoms. The number of esters is 1. The number of carbonyl (C=O) groups is 1. The van der Waals surface area contributed by atoms with Crippen molar-refractivity contribution >= 4 is 5.97 Å². The molecule has 7 heteroatoms. The fourth-order valence-electron chi connectivity index (χ4n) is 4.18. The van der Waals surface area contributed by atoms with Crippen LogP contribution < -0.4 is 0 Å². The van der Waals surface area contributed by atoms with E-state index in [1.165, 1.54) is 6.42 Å². The molecule has 0 aromatic carbocycles. The van der Waals surface area contributed by atoms with Crippen LogP contribution in [0.4, 0.5) is 0 Å².